The molecule has 4 heteroatoms. The fourth-order valence-electron chi connectivity index (χ4n) is 4.37. The number of nitrogens with zero attached hydrogens (tertiary/aromatic N) is 1. The lowest BCUT2D eigenvalue weighted by molar-refractivity contribution is -0.104. The monoisotopic (exact) mass is 252 g/mol. The molecule has 0 aromatic heterocycles. The predicted octanol–water partition coefficient (Wildman–Crippen LogP) is 0.476. The van der Waals surface area contributed by atoms with Crippen LogP contribution in [0.1, 0.15) is 19.3 Å². The molecule has 4 atom stereocenters. The molecule has 4 saturated heterocycles. The van der Waals surface area contributed by atoms with Gasteiger partial charge >= 0.3 is 0 Å². The first kappa shape index (κ1) is 11.6. The third kappa shape index (κ3) is 1.90. The lowest BCUT2D eigenvalue weighted by Crippen LogP contribution is -2.49. The van der Waals surface area contributed by atoms with E-state index in [1.165, 1.54) is 39.0 Å². The third-order valence-corrected chi connectivity index (χ3v) is 5.47. The van der Waals surface area contributed by atoms with Gasteiger partial charge in [0.15, 0.2) is 0 Å². The van der Waals surface area contributed by atoms with Crippen molar-refractivity contribution in [3.63, 3.8) is 0 Å². The van der Waals surface area contributed by atoms with Crippen LogP contribution in [0.4, 0.5) is 0 Å². The zero-order valence-electron chi connectivity index (χ0n) is 11.1. The first-order valence-corrected chi connectivity index (χ1v) is 7.51. The maximum absolute atomic E-state index is 6.05. The Bertz CT molecular complexity index is 305. The average molecular weight is 252 g/mol. The van der Waals surface area contributed by atoms with Crippen LogP contribution in [0, 0.1) is 11.8 Å². The van der Waals surface area contributed by atoms with E-state index in [1.54, 1.807) is 0 Å². The van der Waals surface area contributed by atoms with Crippen LogP contribution < -0.4 is 5.32 Å². The van der Waals surface area contributed by atoms with Crippen molar-refractivity contribution in [2.75, 3.05) is 46.0 Å². The van der Waals surface area contributed by atoms with Crippen molar-refractivity contribution in [2.45, 2.75) is 30.9 Å². The van der Waals surface area contributed by atoms with E-state index in [9.17, 15) is 0 Å². The van der Waals surface area contributed by atoms with Crippen molar-refractivity contribution in [1.82, 2.24) is 10.2 Å². The molecule has 0 radical (unpaired) electrons. The predicted molar refractivity (Wildman–Crippen MR) is 68.6 cm³/mol. The average Bonchev–Trinajstić information content (AvgIpc) is 3.04. The fraction of sp³-hybridized carbons (Fsp3) is 1.00. The largest absolute Gasteiger partial charge is 0.378 e. The van der Waals surface area contributed by atoms with Gasteiger partial charge in [-0.05, 0) is 37.8 Å². The summed E-state index contributed by atoms with van der Waals surface area (Å²) < 4.78 is 11.6. The Morgan fingerprint density at radius 2 is 1.94 bits per heavy atom. The molecule has 0 saturated carbocycles. The Hall–Kier alpha value is -0.160. The van der Waals surface area contributed by atoms with Gasteiger partial charge in [0.1, 0.15) is 0 Å². The van der Waals surface area contributed by atoms with E-state index in [2.05, 4.69) is 10.2 Å². The second-order valence-corrected chi connectivity index (χ2v) is 6.61. The van der Waals surface area contributed by atoms with E-state index in [-0.39, 0.29) is 5.60 Å². The van der Waals surface area contributed by atoms with Crippen LogP contribution in [0.5, 0.6) is 0 Å². The van der Waals surface area contributed by atoms with E-state index in [0.717, 1.165) is 44.1 Å². The van der Waals surface area contributed by atoms with Crippen LogP contribution >= 0.6 is 0 Å². The molecular weight excluding hydrogens is 228 g/mol. The molecule has 4 nitrogen and oxygen atoms in total. The molecule has 4 aliphatic heterocycles. The van der Waals surface area contributed by atoms with Gasteiger partial charge in [-0.1, -0.05) is 0 Å². The smallest absolute Gasteiger partial charge is 0.0951 e. The minimum Gasteiger partial charge on any atom is -0.378 e. The molecule has 0 bridgehead atoms. The molecule has 1 N–H and O–H groups in total. The van der Waals surface area contributed by atoms with E-state index < -0.39 is 0 Å². The Morgan fingerprint density at radius 3 is 2.67 bits per heavy atom. The molecule has 0 aliphatic carbocycles. The SMILES string of the molecule is C1CC2(CO1)CC(N1C[C@H]3CNC[C@H]3C1)CCO2. The van der Waals surface area contributed by atoms with Gasteiger partial charge in [0, 0.05) is 38.8 Å². The molecular formula is C14H24N2O2. The number of ether oxygens (including phenoxy) is 2. The van der Waals surface area contributed by atoms with Crippen molar-refractivity contribution in [1.29, 1.82) is 0 Å². The van der Waals surface area contributed by atoms with Crippen molar-refractivity contribution in [3.05, 3.63) is 0 Å². The number of nitrogens with one attached hydrogen (secondary N) is 1. The van der Waals surface area contributed by atoms with Crippen molar-refractivity contribution in [2.24, 2.45) is 11.8 Å². The summed E-state index contributed by atoms with van der Waals surface area (Å²) in [5.41, 5.74) is 0.0683. The number of fused-ring (bicyclic) bond motifs is 1. The summed E-state index contributed by atoms with van der Waals surface area (Å²) in [6.45, 7) is 7.72. The van der Waals surface area contributed by atoms with Gasteiger partial charge in [-0.3, -0.25) is 4.90 Å². The van der Waals surface area contributed by atoms with Gasteiger partial charge < -0.3 is 14.8 Å². The molecule has 18 heavy (non-hydrogen) atoms. The Balaban J connectivity index is 1.42. The van der Waals surface area contributed by atoms with E-state index in [4.69, 9.17) is 9.47 Å². The highest BCUT2D eigenvalue weighted by Crippen LogP contribution is 2.37. The summed E-state index contributed by atoms with van der Waals surface area (Å²) in [4.78, 5) is 2.75. The summed E-state index contributed by atoms with van der Waals surface area (Å²) in [6.07, 6.45) is 3.51. The zero-order valence-corrected chi connectivity index (χ0v) is 11.1. The van der Waals surface area contributed by atoms with Crippen LogP contribution in [0.2, 0.25) is 0 Å². The van der Waals surface area contributed by atoms with Gasteiger partial charge in [0.05, 0.1) is 12.2 Å². The first-order chi connectivity index (χ1) is 8.85. The Morgan fingerprint density at radius 1 is 1.11 bits per heavy atom. The van der Waals surface area contributed by atoms with Gasteiger partial charge in [-0.2, -0.15) is 0 Å². The normalized spacial score (nSPS) is 49.0. The Labute approximate surface area is 109 Å². The first-order valence-electron chi connectivity index (χ1n) is 7.51. The second-order valence-electron chi connectivity index (χ2n) is 6.61. The second kappa shape index (κ2) is 4.44. The Kier molecular flexibility index (Phi) is 2.87. The highest BCUT2D eigenvalue weighted by molar-refractivity contribution is 4.98. The van der Waals surface area contributed by atoms with Crippen molar-refractivity contribution in [3.8, 4) is 0 Å². The van der Waals surface area contributed by atoms with Crippen molar-refractivity contribution >= 4 is 0 Å². The number of likely N-dealkylation sites (tertiary alicyclic amines) is 1. The molecule has 4 rings (SSSR count). The quantitative estimate of drug-likeness (QED) is 0.736. The lowest BCUT2D eigenvalue weighted by atomic mass is 9.89. The van der Waals surface area contributed by atoms with Crippen LogP contribution in [0.15, 0.2) is 0 Å². The number of rotatable bonds is 1. The number of hydrogen-bond acceptors (Lipinski definition) is 4. The molecule has 1 spiro atoms. The van der Waals surface area contributed by atoms with E-state index in [0.29, 0.717) is 0 Å². The van der Waals surface area contributed by atoms with Crippen molar-refractivity contribution < 1.29 is 9.47 Å². The molecule has 4 aliphatic rings. The highest BCUT2D eigenvalue weighted by Gasteiger charge is 2.45. The van der Waals surface area contributed by atoms with Gasteiger partial charge in [-0.15, -0.1) is 0 Å². The minimum absolute atomic E-state index is 0.0683. The lowest BCUT2D eigenvalue weighted by Gasteiger charge is -2.41. The fourth-order valence-corrected chi connectivity index (χ4v) is 4.37. The summed E-state index contributed by atoms with van der Waals surface area (Å²) >= 11 is 0. The maximum atomic E-state index is 6.05. The summed E-state index contributed by atoms with van der Waals surface area (Å²) in [6, 6.07) is 0.742. The third-order valence-electron chi connectivity index (χ3n) is 5.47. The standard InChI is InChI=1S/C14H24N2O2/c1-3-18-14(2-4-17-10-14)5-13(1)16-8-11-6-15-7-12(11)9-16/h11-13,15H,1-10H2/t11-,12+,13?,14?. The molecule has 0 amide bonds. The van der Waals surface area contributed by atoms with Crippen LogP contribution in [-0.2, 0) is 9.47 Å². The molecule has 102 valence electrons. The van der Waals surface area contributed by atoms with E-state index in [1.807, 2.05) is 0 Å². The molecule has 4 heterocycles. The van der Waals surface area contributed by atoms with Crippen LogP contribution in [0.3, 0.4) is 0 Å². The summed E-state index contributed by atoms with van der Waals surface area (Å²) in [5.74, 6) is 1.81. The van der Waals surface area contributed by atoms with Crippen LogP contribution in [-0.4, -0.2) is 62.5 Å². The molecule has 2 unspecified atom stereocenters. The summed E-state index contributed by atoms with van der Waals surface area (Å²) in [5, 5.41) is 3.52. The summed E-state index contributed by atoms with van der Waals surface area (Å²) in [7, 11) is 0. The van der Waals surface area contributed by atoms with Gasteiger partial charge in [0.2, 0.25) is 0 Å². The van der Waals surface area contributed by atoms with Gasteiger partial charge in [-0.25, -0.2) is 0 Å². The topological polar surface area (TPSA) is 33.7 Å². The number of hydrogen-bond donors (Lipinski definition) is 1. The molecule has 4 fully saturated rings. The van der Waals surface area contributed by atoms with E-state index >= 15 is 0 Å². The molecule has 0 aromatic rings. The molecule has 0 aromatic carbocycles. The maximum Gasteiger partial charge on any atom is 0.0951 e. The highest BCUT2D eigenvalue weighted by atomic mass is 16.6. The minimum atomic E-state index is 0.0683. The van der Waals surface area contributed by atoms with Gasteiger partial charge in [0.25, 0.3) is 0 Å². The zero-order chi connectivity index (χ0) is 12.0. The van der Waals surface area contributed by atoms with Crippen LogP contribution in [0.25, 0.3) is 0 Å².